The van der Waals surface area contributed by atoms with Crippen LogP contribution in [0.1, 0.15) is 22.3 Å². The van der Waals surface area contributed by atoms with Crippen molar-refractivity contribution in [3.8, 4) is 5.69 Å². The van der Waals surface area contributed by atoms with Gasteiger partial charge in [-0.25, -0.2) is 0 Å². The minimum Gasteiger partial charge on any atom is -0.345 e. The molecule has 0 fully saturated rings. The normalized spacial score (nSPS) is 11.2. The van der Waals surface area contributed by atoms with E-state index >= 15 is 0 Å². The minimum absolute atomic E-state index is 0.902. The van der Waals surface area contributed by atoms with Crippen LogP contribution in [0.15, 0.2) is 152 Å². The SMILES string of the molecule is CN(c1ccc(Cc2ccccc2)cc1)c1ccc(Cc2ccc3c(c2)c2ccccc2n3-c2ccccc2)cc1. The monoisotopic (exact) mass is 528 g/mol. The Bertz CT molecular complexity index is 1920. The number of anilines is 2. The number of para-hydroxylation sites is 2. The Balaban J connectivity index is 1.11. The number of fused-ring (bicyclic) bond motifs is 3. The molecule has 2 heteroatoms. The van der Waals surface area contributed by atoms with Crippen LogP contribution in [-0.2, 0) is 12.8 Å². The van der Waals surface area contributed by atoms with Crippen molar-refractivity contribution in [3.05, 3.63) is 174 Å². The number of aromatic nitrogens is 1. The van der Waals surface area contributed by atoms with Crippen molar-refractivity contribution in [1.82, 2.24) is 4.57 Å². The van der Waals surface area contributed by atoms with Crippen LogP contribution in [0.2, 0.25) is 0 Å². The number of nitrogens with zero attached hydrogens (tertiary/aromatic N) is 2. The number of hydrogen-bond acceptors (Lipinski definition) is 1. The number of benzene rings is 6. The lowest BCUT2D eigenvalue weighted by atomic mass is 10.0. The van der Waals surface area contributed by atoms with E-state index in [0.717, 1.165) is 12.8 Å². The Morgan fingerprint density at radius 1 is 0.439 bits per heavy atom. The molecule has 7 aromatic rings. The largest absolute Gasteiger partial charge is 0.345 e. The van der Waals surface area contributed by atoms with Gasteiger partial charge in [0.1, 0.15) is 0 Å². The van der Waals surface area contributed by atoms with E-state index in [-0.39, 0.29) is 0 Å². The topological polar surface area (TPSA) is 8.17 Å². The molecule has 0 spiro atoms. The molecule has 6 aromatic carbocycles. The van der Waals surface area contributed by atoms with Crippen molar-refractivity contribution < 1.29 is 0 Å². The van der Waals surface area contributed by atoms with E-state index in [1.54, 1.807) is 0 Å². The molecule has 0 radical (unpaired) electrons. The van der Waals surface area contributed by atoms with Crippen LogP contribution in [0.4, 0.5) is 11.4 Å². The summed E-state index contributed by atoms with van der Waals surface area (Å²) in [6.45, 7) is 0. The highest BCUT2D eigenvalue weighted by Gasteiger charge is 2.13. The third-order valence-electron chi connectivity index (χ3n) is 8.06. The van der Waals surface area contributed by atoms with Crippen molar-refractivity contribution in [2.24, 2.45) is 0 Å². The van der Waals surface area contributed by atoms with Crippen LogP contribution in [0.3, 0.4) is 0 Å². The van der Waals surface area contributed by atoms with Crippen LogP contribution in [0.5, 0.6) is 0 Å². The Morgan fingerprint density at radius 3 is 1.59 bits per heavy atom. The van der Waals surface area contributed by atoms with Crippen LogP contribution in [0.25, 0.3) is 27.5 Å². The molecule has 0 bridgehead atoms. The van der Waals surface area contributed by atoms with Gasteiger partial charge in [-0.2, -0.15) is 0 Å². The summed E-state index contributed by atoms with van der Waals surface area (Å²) in [6.07, 6.45) is 1.86. The summed E-state index contributed by atoms with van der Waals surface area (Å²) in [4.78, 5) is 2.25. The van der Waals surface area contributed by atoms with Crippen molar-refractivity contribution >= 4 is 33.2 Å². The Hall–Kier alpha value is -5.08. The smallest absolute Gasteiger partial charge is 0.0541 e. The molecule has 1 heterocycles. The van der Waals surface area contributed by atoms with E-state index in [4.69, 9.17) is 0 Å². The van der Waals surface area contributed by atoms with Gasteiger partial charge in [0.25, 0.3) is 0 Å². The second-order valence-electron chi connectivity index (χ2n) is 10.8. The Morgan fingerprint density at radius 2 is 0.927 bits per heavy atom. The van der Waals surface area contributed by atoms with E-state index in [2.05, 4.69) is 168 Å². The molecular formula is C39H32N2. The molecule has 41 heavy (non-hydrogen) atoms. The maximum absolute atomic E-state index is 2.37. The first kappa shape index (κ1) is 24.9. The zero-order valence-electron chi connectivity index (χ0n) is 23.2. The molecule has 7 rings (SSSR count). The zero-order chi connectivity index (χ0) is 27.6. The summed E-state index contributed by atoms with van der Waals surface area (Å²) < 4.78 is 2.37. The first-order valence-corrected chi connectivity index (χ1v) is 14.3. The second kappa shape index (κ2) is 10.8. The van der Waals surface area contributed by atoms with E-state index in [1.807, 2.05) is 0 Å². The van der Waals surface area contributed by atoms with Gasteiger partial charge in [-0.15, -0.1) is 0 Å². The summed E-state index contributed by atoms with van der Waals surface area (Å²) in [7, 11) is 2.14. The highest BCUT2D eigenvalue weighted by atomic mass is 15.1. The lowest BCUT2D eigenvalue weighted by Gasteiger charge is -2.20. The Labute approximate surface area is 241 Å². The van der Waals surface area contributed by atoms with Gasteiger partial charge in [0.05, 0.1) is 11.0 Å². The summed E-state index contributed by atoms with van der Waals surface area (Å²) in [5.74, 6) is 0. The van der Waals surface area contributed by atoms with Gasteiger partial charge in [0, 0.05) is 34.9 Å². The van der Waals surface area contributed by atoms with E-state index < -0.39 is 0 Å². The zero-order valence-corrected chi connectivity index (χ0v) is 23.2. The molecule has 198 valence electrons. The molecular weight excluding hydrogens is 496 g/mol. The molecule has 2 nitrogen and oxygen atoms in total. The summed E-state index contributed by atoms with van der Waals surface area (Å²) in [5.41, 5.74) is 11.4. The van der Waals surface area contributed by atoms with Crippen molar-refractivity contribution in [1.29, 1.82) is 0 Å². The van der Waals surface area contributed by atoms with Crippen LogP contribution < -0.4 is 4.90 Å². The fourth-order valence-electron chi connectivity index (χ4n) is 5.88. The highest BCUT2D eigenvalue weighted by molar-refractivity contribution is 6.09. The number of hydrogen-bond donors (Lipinski definition) is 0. The lowest BCUT2D eigenvalue weighted by molar-refractivity contribution is 1.15. The third-order valence-corrected chi connectivity index (χ3v) is 8.06. The van der Waals surface area contributed by atoms with Gasteiger partial charge in [0.2, 0.25) is 0 Å². The molecule has 0 aliphatic rings. The molecule has 0 saturated heterocycles. The standard InChI is InChI=1S/C39H32N2/c1-40(33-21-16-30(17-22-33)26-29-10-4-2-5-11-29)34-23-18-31(19-24-34)27-32-20-25-39-37(28-32)36-14-8-9-15-38(36)41(39)35-12-6-3-7-13-35/h2-25,28H,26-27H2,1H3. The van der Waals surface area contributed by atoms with E-state index in [0.29, 0.717) is 0 Å². The lowest BCUT2D eigenvalue weighted by Crippen LogP contribution is -2.09. The predicted octanol–water partition coefficient (Wildman–Crippen LogP) is 9.73. The van der Waals surface area contributed by atoms with E-state index in [9.17, 15) is 0 Å². The molecule has 0 aliphatic heterocycles. The van der Waals surface area contributed by atoms with Gasteiger partial charge in [-0.1, -0.05) is 97.1 Å². The van der Waals surface area contributed by atoms with Gasteiger partial charge in [-0.3, -0.25) is 0 Å². The summed E-state index contributed by atoms with van der Waals surface area (Å²) in [6, 6.07) is 54.8. The molecule has 0 atom stereocenters. The van der Waals surface area contributed by atoms with Crippen molar-refractivity contribution in [2.45, 2.75) is 12.8 Å². The Kier molecular flexibility index (Phi) is 6.58. The van der Waals surface area contributed by atoms with Crippen LogP contribution in [-0.4, -0.2) is 11.6 Å². The highest BCUT2D eigenvalue weighted by Crippen LogP contribution is 2.33. The van der Waals surface area contributed by atoms with Gasteiger partial charge < -0.3 is 9.47 Å². The molecule has 1 aromatic heterocycles. The average molecular weight is 529 g/mol. The average Bonchev–Trinajstić information content (AvgIpc) is 3.36. The fourth-order valence-corrected chi connectivity index (χ4v) is 5.88. The summed E-state index contributed by atoms with van der Waals surface area (Å²) in [5, 5.41) is 2.59. The van der Waals surface area contributed by atoms with Crippen molar-refractivity contribution in [3.63, 3.8) is 0 Å². The van der Waals surface area contributed by atoms with Crippen molar-refractivity contribution in [2.75, 3.05) is 11.9 Å². The first-order valence-electron chi connectivity index (χ1n) is 14.3. The van der Waals surface area contributed by atoms with Crippen LogP contribution >= 0.6 is 0 Å². The van der Waals surface area contributed by atoms with E-state index in [1.165, 1.54) is 61.1 Å². The molecule has 0 N–H and O–H groups in total. The fraction of sp³-hybridized carbons (Fsp3) is 0.0769. The van der Waals surface area contributed by atoms with Gasteiger partial charge in [-0.05, 0) is 89.7 Å². The molecule has 0 aliphatic carbocycles. The third kappa shape index (κ3) is 5.01. The first-order chi connectivity index (χ1) is 20.2. The second-order valence-corrected chi connectivity index (χ2v) is 10.8. The van der Waals surface area contributed by atoms with Gasteiger partial charge >= 0.3 is 0 Å². The van der Waals surface area contributed by atoms with Gasteiger partial charge in [0.15, 0.2) is 0 Å². The maximum atomic E-state index is 2.37. The molecule has 0 unspecified atom stereocenters. The molecule has 0 amide bonds. The summed E-state index contributed by atoms with van der Waals surface area (Å²) >= 11 is 0. The quantitative estimate of drug-likeness (QED) is 0.200. The molecule has 0 saturated carbocycles. The van der Waals surface area contributed by atoms with Crippen LogP contribution in [0, 0.1) is 0 Å². The predicted molar refractivity (Wildman–Crippen MR) is 174 cm³/mol. The minimum atomic E-state index is 0.902. The number of rotatable bonds is 7. The maximum Gasteiger partial charge on any atom is 0.0541 e.